The number of hydrogen-bond donors (Lipinski definition) is 1. The van der Waals surface area contributed by atoms with E-state index in [-0.39, 0.29) is 18.1 Å². The molecular weight excluding hydrogens is 291 g/mol. The Balaban J connectivity index is 1.67. The lowest BCUT2D eigenvalue weighted by Gasteiger charge is -2.07. The lowest BCUT2D eigenvalue weighted by molar-refractivity contribution is 0.0950. The Morgan fingerprint density at radius 1 is 0.913 bits per heavy atom. The van der Waals surface area contributed by atoms with E-state index < -0.39 is 5.82 Å². The fourth-order valence-corrected chi connectivity index (χ4v) is 2.26. The normalized spacial score (nSPS) is 10.3. The quantitative estimate of drug-likeness (QED) is 0.796. The summed E-state index contributed by atoms with van der Waals surface area (Å²) in [6.07, 6.45) is 1.50. The molecule has 3 rings (SSSR count). The van der Waals surface area contributed by atoms with Crippen LogP contribution in [0.2, 0.25) is 0 Å². The van der Waals surface area contributed by atoms with Crippen molar-refractivity contribution >= 4 is 5.91 Å². The van der Waals surface area contributed by atoms with E-state index in [2.05, 4.69) is 10.3 Å². The highest BCUT2D eigenvalue weighted by molar-refractivity contribution is 5.94. The molecule has 0 saturated heterocycles. The lowest BCUT2D eigenvalue weighted by Crippen LogP contribution is -2.23. The summed E-state index contributed by atoms with van der Waals surface area (Å²) in [6, 6.07) is 20.1. The molecule has 3 nitrogen and oxygen atoms in total. The van der Waals surface area contributed by atoms with Crippen molar-refractivity contribution in [2.24, 2.45) is 0 Å². The average molecular weight is 306 g/mol. The second kappa shape index (κ2) is 6.83. The minimum atomic E-state index is -0.424. The van der Waals surface area contributed by atoms with Crippen LogP contribution in [-0.2, 0) is 6.54 Å². The second-order valence-corrected chi connectivity index (χ2v) is 5.06. The van der Waals surface area contributed by atoms with Gasteiger partial charge in [-0.2, -0.15) is 0 Å². The lowest BCUT2D eigenvalue weighted by atomic mass is 10.0. The fourth-order valence-electron chi connectivity index (χ4n) is 2.26. The molecule has 1 aromatic heterocycles. The maximum Gasteiger partial charge on any atom is 0.251 e. The minimum absolute atomic E-state index is 0.0615. The molecule has 0 bridgehead atoms. The Hall–Kier alpha value is -3.01. The number of carbonyl (C=O) groups excluding carboxylic acids is 1. The van der Waals surface area contributed by atoms with Crippen LogP contribution in [0.3, 0.4) is 0 Å². The minimum Gasteiger partial charge on any atom is -0.346 e. The number of halogens is 1. The summed E-state index contributed by atoms with van der Waals surface area (Å²) in [5, 5.41) is 2.67. The van der Waals surface area contributed by atoms with Crippen molar-refractivity contribution in [2.75, 3.05) is 0 Å². The van der Waals surface area contributed by atoms with Crippen LogP contribution in [0.25, 0.3) is 11.1 Å². The van der Waals surface area contributed by atoms with Crippen LogP contribution in [0.4, 0.5) is 4.39 Å². The SMILES string of the molecule is O=C(NCc1ncccc1F)c1ccc(-c2ccccc2)cc1. The summed E-state index contributed by atoms with van der Waals surface area (Å²) in [5.74, 6) is -0.679. The van der Waals surface area contributed by atoms with Crippen LogP contribution in [0.1, 0.15) is 16.1 Å². The first-order chi connectivity index (χ1) is 11.2. The monoisotopic (exact) mass is 306 g/mol. The van der Waals surface area contributed by atoms with Gasteiger partial charge in [0, 0.05) is 11.8 Å². The van der Waals surface area contributed by atoms with Crippen molar-refractivity contribution in [1.29, 1.82) is 0 Å². The number of nitrogens with zero attached hydrogens (tertiary/aromatic N) is 1. The zero-order valence-corrected chi connectivity index (χ0v) is 12.4. The molecule has 0 unspecified atom stereocenters. The molecule has 1 N–H and O–H groups in total. The first-order valence-corrected chi connectivity index (χ1v) is 7.27. The highest BCUT2D eigenvalue weighted by atomic mass is 19.1. The van der Waals surface area contributed by atoms with E-state index in [0.717, 1.165) is 11.1 Å². The van der Waals surface area contributed by atoms with Gasteiger partial charge in [0.25, 0.3) is 5.91 Å². The molecule has 23 heavy (non-hydrogen) atoms. The number of hydrogen-bond acceptors (Lipinski definition) is 2. The van der Waals surface area contributed by atoms with E-state index in [1.807, 2.05) is 42.5 Å². The number of amides is 1. The maximum absolute atomic E-state index is 13.5. The number of carbonyl (C=O) groups is 1. The van der Waals surface area contributed by atoms with Crippen LogP contribution in [0.15, 0.2) is 72.9 Å². The Morgan fingerprint density at radius 2 is 1.61 bits per heavy atom. The number of rotatable bonds is 4. The standard InChI is InChI=1S/C19H15FN2O/c20-17-7-4-12-21-18(17)13-22-19(23)16-10-8-15(9-11-16)14-5-2-1-3-6-14/h1-12H,13H2,(H,22,23). The third-order valence-electron chi connectivity index (χ3n) is 3.51. The smallest absolute Gasteiger partial charge is 0.251 e. The number of nitrogens with one attached hydrogen (secondary N) is 1. The topological polar surface area (TPSA) is 42.0 Å². The van der Waals surface area contributed by atoms with Gasteiger partial charge in [-0.05, 0) is 35.4 Å². The maximum atomic E-state index is 13.5. The van der Waals surface area contributed by atoms with Crippen molar-refractivity contribution < 1.29 is 9.18 Å². The molecule has 0 aliphatic carbocycles. The molecule has 0 radical (unpaired) electrons. The van der Waals surface area contributed by atoms with E-state index in [0.29, 0.717) is 5.56 Å². The van der Waals surface area contributed by atoms with Crippen LogP contribution in [-0.4, -0.2) is 10.9 Å². The molecule has 0 fully saturated rings. The average Bonchev–Trinajstić information content (AvgIpc) is 2.62. The summed E-state index contributed by atoms with van der Waals surface area (Å²) in [6.45, 7) is 0.0615. The first-order valence-electron chi connectivity index (χ1n) is 7.27. The molecule has 114 valence electrons. The predicted octanol–water partition coefficient (Wildman–Crippen LogP) is 3.82. The van der Waals surface area contributed by atoms with Gasteiger partial charge >= 0.3 is 0 Å². The largest absolute Gasteiger partial charge is 0.346 e. The Bertz CT molecular complexity index is 801. The molecule has 3 aromatic rings. The van der Waals surface area contributed by atoms with Gasteiger partial charge in [0.15, 0.2) is 0 Å². The first kappa shape index (κ1) is 14.9. The fraction of sp³-hybridized carbons (Fsp3) is 0.0526. The van der Waals surface area contributed by atoms with E-state index in [4.69, 9.17) is 0 Å². The molecular formula is C19H15FN2O. The van der Waals surface area contributed by atoms with Crippen LogP contribution in [0.5, 0.6) is 0 Å². The number of pyridine rings is 1. The Morgan fingerprint density at radius 3 is 2.30 bits per heavy atom. The van der Waals surface area contributed by atoms with E-state index in [1.54, 1.807) is 12.1 Å². The zero-order chi connectivity index (χ0) is 16.1. The van der Waals surface area contributed by atoms with E-state index >= 15 is 0 Å². The second-order valence-electron chi connectivity index (χ2n) is 5.06. The van der Waals surface area contributed by atoms with Gasteiger partial charge in [-0.15, -0.1) is 0 Å². The highest BCUT2D eigenvalue weighted by Crippen LogP contribution is 2.19. The Kier molecular flexibility index (Phi) is 4.43. The van der Waals surface area contributed by atoms with Crippen molar-refractivity contribution in [2.45, 2.75) is 6.54 Å². The van der Waals surface area contributed by atoms with Gasteiger partial charge in [-0.25, -0.2) is 4.39 Å². The summed E-state index contributed by atoms with van der Waals surface area (Å²) >= 11 is 0. The highest BCUT2D eigenvalue weighted by Gasteiger charge is 2.08. The van der Waals surface area contributed by atoms with Crippen LogP contribution >= 0.6 is 0 Å². The van der Waals surface area contributed by atoms with Gasteiger partial charge < -0.3 is 5.32 Å². The molecule has 0 saturated carbocycles. The molecule has 4 heteroatoms. The molecule has 1 heterocycles. The zero-order valence-electron chi connectivity index (χ0n) is 12.4. The number of benzene rings is 2. The van der Waals surface area contributed by atoms with Gasteiger partial charge in [0.2, 0.25) is 0 Å². The molecule has 2 aromatic carbocycles. The predicted molar refractivity (Wildman–Crippen MR) is 87.2 cm³/mol. The third-order valence-corrected chi connectivity index (χ3v) is 3.51. The van der Waals surface area contributed by atoms with E-state index in [1.165, 1.54) is 18.3 Å². The van der Waals surface area contributed by atoms with Crippen molar-refractivity contribution in [3.8, 4) is 11.1 Å². The summed E-state index contributed by atoms with van der Waals surface area (Å²) in [7, 11) is 0. The number of aromatic nitrogens is 1. The van der Waals surface area contributed by atoms with Crippen molar-refractivity contribution in [3.05, 3.63) is 90.0 Å². The van der Waals surface area contributed by atoms with Gasteiger partial charge in [0.1, 0.15) is 5.82 Å². The van der Waals surface area contributed by atoms with Gasteiger partial charge in [0.05, 0.1) is 12.2 Å². The van der Waals surface area contributed by atoms with Gasteiger partial charge in [-0.1, -0.05) is 42.5 Å². The third kappa shape index (κ3) is 3.61. The molecule has 0 aliphatic rings. The van der Waals surface area contributed by atoms with Crippen LogP contribution in [0, 0.1) is 5.82 Å². The Labute approximate surface area is 133 Å². The molecule has 1 amide bonds. The van der Waals surface area contributed by atoms with Crippen molar-refractivity contribution in [3.63, 3.8) is 0 Å². The molecule has 0 aliphatic heterocycles. The van der Waals surface area contributed by atoms with Gasteiger partial charge in [-0.3, -0.25) is 9.78 Å². The summed E-state index contributed by atoms with van der Waals surface area (Å²) in [4.78, 5) is 16.0. The molecule has 0 atom stereocenters. The summed E-state index contributed by atoms with van der Waals surface area (Å²) in [5.41, 5.74) is 2.88. The van der Waals surface area contributed by atoms with Crippen molar-refractivity contribution in [1.82, 2.24) is 10.3 Å². The molecule has 0 spiro atoms. The van der Waals surface area contributed by atoms with E-state index in [9.17, 15) is 9.18 Å². The van der Waals surface area contributed by atoms with Crippen LogP contribution < -0.4 is 5.32 Å². The summed E-state index contributed by atoms with van der Waals surface area (Å²) < 4.78 is 13.5.